The van der Waals surface area contributed by atoms with Crippen LogP contribution in [-0.2, 0) is 14.8 Å². The molecule has 0 radical (unpaired) electrons. The summed E-state index contributed by atoms with van der Waals surface area (Å²) in [6.07, 6.45) is 2.36. The van der Waals surface area contributed by atoms with Crippen LogP contribution in [0.25, 0.3) is 0 Å². The molecule has 0 saturated heterocycles. The second-order valence-electron chi connectivity index (χ2n) is 8.64. The van der Waals surface area contributed by atoms with Gasteiger partial charge < -0.3 is 20.1 Å². The number of fused-ring (bicyclic) bond motifs is 1. The summed E-state index contributed by atoms with van der Waals surface area (Å²) in [7, 11) is -1.92. The molecule has 172 valence electrons. The zero-order chi connectivity index (χ0) is 22.9. The highest BCUT2D eigenvalue weighted by Gasteiger charge is 2.35. The molecule has 1 aromatic carbocycles. The largest absolute Gasteiger partial charge is 0.488 e. The summed E-state index contributed by atoms with van der Waals surface area (Å²) < 4.78 is 31.2. The summed E-state index contributed by atoms with van der Waals surface area (Å²) >= 11 is 0. The molecule has 3 rings (SSSR count). The number of ether oxygens (including phenoxy) is 1. The molecular weight excluding hydrogens is 422 g/mol. The Bertz CT molecular complexity index is 946. The van der Waals surface area contributed by atoms with Crippen LogP contribution >= 0.6 is 0 Å². The number of aliphatic hydroxyl groups excluding tert-OH is 1. The Hall–Kier alpha value is -2.17. The number of nitrogens with one attached hydrogen (secondary N) is 1. The van der Waals surface area contributed by atoms with E-state index in [0.29, 0.717) is 18.0 Å². The van der Waals surface area contributed by atoms with E-state index in [1.165, 1.54) is 11.4 Å². The first-order valence-electron chi connectivity index (χ1n) is 10.5. The van der Waals surface area contributed by atoms with E-state index in [0.717, 1.165) is 19.1 Å². The van der Waals surface area contributed by atoms with E-state index in [1.807, 2.05) is 6.92 Å². The molecule has 2 aliphatic rings. The van der Waals surface area contributed by atoms with Crippen LogP contribution in [0.15, 0.2) is 18.2 Å². The van der Waals surface area contributed by atoms with E-state index in [2.05, 4.69) is 5.32 Å². The molecule has 3 atom stereocenters. The normalized spacial score (nSPS) is 22.9. The van der Waals surface area contributed by atoms with Crippen molar-refractivity contribution < 1.29 is 27.9 Å². The van der Waals surface area contributed by atoms with Gasteiger partial charge in [-0.1, -0.05) is 6.92 Å². The van der Waals surface area contributed by atoms with Gasteiger partial charge in [-0.05, 0) is 38.0 Å². The van der Waals surface area contributed by atoms with Gasteiger partial charge in [-0.25, -0.2) is 12.7 Å². The van der Waals surface area contributed by atoms with Crippen LogP contribution in [-0.4, -0.2) is 79.7 Å². The molecule has 2 amide bonds. The first kappa shape index (κ1) is 23.5. The molecule has 1 fully saturated rings. The number of nitrogens with zero attached hydrogens (tertiary/aromatic N) is 2. The number of likely N-dealkylation sites (N-methyl/N-ethyl adjacent to an activating group) is 1. The first-order valence-corrected chi connectivity index (χ1v) is 12.3. The molecule has 1 aromatic rings. The maximum Gasteiger partial charge on any atom is 0.258 e. The monoisotopic (exact) mass is 453 g/mol. The molecule has 1 aliphatic carbocycles. The predicted octanol–water partition coefficient (Wildman–Crippen LogP) is 1.15. The molecule has 1 saturated carbocycles. The molecule has 0 spiro atoms. The molecule has 1 heterocycles. The lowest BCUT2D eigenvalue weighted by molar-refractivity contribution is -0.117. The lowest BCUT2D eigenvalue weighted by Gasteiger charge is -2.38. The fraction of sp³-hybridized carbons (Fsp3) is 0.619. The third kappa shape index (κ3) is 5.55. The highest BCUT2D eigenvalue weighted by atomic mass is 32.2. The number of sulfonamides is 1. The molecule has 2 N–H and O–H groups in total. The highest BCUT2D eigenvalue weighted by Crippen LogP contribution is 2.33. The maximum absolute atomic E-state index is 13.3. The predicted molar refractivity (Wildman–Crippen MR) is 116 cm³/mol. The molecule has 31 heavy (non-hydrogen) atoms. The Kier molecular flexibility index (Phi) is 6.92. The molecular formula is C21H31N3O6S. The fourth-order valence-corrected chi connectivity index (χ4v) is 3.91. The van der Waals surface area contributed by atoms with E-state index in [1.54, 1.807) is 30.0 Å². The smallest absolute Gasteiger partial charge is 0.258 e. The summed E-state index contributed by atoms with van der Waals surface area (Å²) in [5.41, 5.74) is 0.774. The first-order chi connectivity index (χ1) is 14.5. The van der Waals surface area contributed by atoms with Crippen molar-refractivity contribution >= 4 is 27.5 Å². The van der Waals surface area contributed by atoms with Crippen molar-refractivity contribution in [3.8, 4) is 5.75 Å². The maximum atomic E-state index is 13.3. The standard InChI is InChI=1S/C21H31N3O6S/c1-13-10-24(14(2)12-25)21(27)17-9-16(22-20(26)15-5-6-15)7-8-18(17)30-19(13)11-23(3)31(4,28)29/h7-9,13-15,19,25H,5-6,10-12H2,1-4H3,(H,22,26)/t13-,14+,19+/m1/s1. The molecule has 0 bridgehead atoms. The third-order valence-corrected chi connectivity index (χ3v) is 7.17. The molecule has 0 aromatic heterocycles. The van der Waals surface area contributed by atoms with Gasteiger partial charge in [-0.3, -0.25) is 9.59 Å². The molecule has 1 aliphatic heterocycles. The Morgan fingerprint density at radius 2 is 2.06 bits per heavy atom. The van der Waals surface area contributed by atoms with Crippen LogP contribution in [0.5, 0.6) is 5.75 Å². The molecule has 0 unspecified atom stereocenters. The lowest BCUT2D eigenvalue weighted by Crippen LogP contribution is -2.50. The van der Waals surface area contributed by atoms with E-state index >= 15 is 0 Å². The van der Waals surface area contributed by atoms with Crippen molar-refractivity contribution in [3.05, 3.63) is 23.8 Å². The van der Waals surface area contributed by atoms with Gasteiger partial charge >= 0.3 is 0 Å². The minimum atomic E-state index is -3.41. The summed E-state index contributed by atoms with van der Waals surface area (Å²) in [5, 5.41) is 12.5. The summed E-state index contributed by atoms with van der Waals surface area (Å²) in [6, 6.07) is 4.46. The minimum absolute atomic E-state index is 0.0247. The van der Waals surface area contributed by atoms with Gasteiger partial charge in [-0.2, -0.15) is 0 Å². The number of carbonyl (C=O) groups excluding carboxylic acids is 2. The second-order valence-corrected chi connectivity index (χ2v) is 10.7. The quantitative estimate of drug-likeness (QED) is 0.640. The van der Waals surface area contributed by atoms with E-state index < -0.39 is 22.2 Å². The van der Waals surface area contributed by atoms with Crippen molar-refractivity contribution in [3.63, 3.8) is 0 Å². The average molecular weight is 454 g/mol. The topological polar surface area (TPSA) is 116 Å². The summed E-state index contributed by atoms with van der Waals surface area (Å²) in [4.78, 5) is 27.0. The van der Waals surface area contributed by atoms with E-state index in [-0.39, 0.29) is 42.4 Å². The lowest BCUT2D eigenvalue weighted by atomic mass is 9.99. The molecule has 9 nitrogen and oxygen atoms in total. The highest BCUT2D eigenvalue weighted by molar-refractivity contribution is 7.88. The number of hydrogen-bond acceptors (Lipinski definition) is 6. The number of anilines is 1. The van der Waals surface area contributed by atoms with Gasteiger partial charge in [0.05, 0.1) is 31.0 Å². The second kappa shape index (κ2) is 9.13. The van der Waals surface area contributed by atoms with Crippen molar-refractivity contribution in [2.24, 2.45) is 11.8 Å². The number of rotatable bonds is 7. The van der Waals surface area contributed by atoms with Crippen LogP contribution in [0, 0.1) is 11.8 Å². The zero-order valence-electron chi connectivity index (χ0n) is 18.4. The van der Waals surface area contributed by atoms with Crippen molar-refractivity contribution in [1.82, 2.24) is 9.21 Å². The van der Waals surface area contributed by atoms with Gasteiger partial charge in [0.2, 0.25) is 15.9 Å². The van der Waals surface area contributed by atoms with Crippen LogP contribution < -0.4 is 10.1 Å². The van der Waals surface area contributed by atoms with Crippen molar-refractivity contribution in [2.45, 2.75) is 38.8 Å². The van der Waals surface area contributed by atoms with Crippen LogP contribution in [0.1, 0.15) is 37.0 Å². The zero-order valence-corrected chi connectivity index (χ0v) is 19.2. The Balaban J connectivity index is 1.96. The van der Waals surface area contributed by atoms with Crippen LogP contribution in [0.2, 0.25) is 0 Å². The Morgan fingerprint density at radius 1 is 1.39 bits per heavy atom. The average Bonchev–Trinajstić information content (AvgIpc) is 3.55. The van der Waals surface area contributed by atoms with Crippen LogP contribution in [0.4, 0.5) is 5.69 Å². The van der Waals surface area contributed by atoms with Gasteiger partial charge in [0, 0.05) is 31.1 Å². The van der Waals surface area contributed by atoms with E-state index in [9.17, 15) is 23.1 Å². The van der Waals surface area contributed by atoms with Crippen LogP contribution in [0.3, 0.4) is 0 Å². The summed E-state index contributed by atoms with van der Waals surface area (Å²) in [6.45, 7) is 3.85. The van der Waals surface area contributed by atoms with Gasteiger partial charge in [0.1, 0.15) is 11.9 Å². The van der Waals surface area contributed by atoms with Gasteiger partial charge in [0.15, 0.2) is 0 Å². The number of carbonyl (C=O) groups is 2. The van der Waals surface area contributed by atoms with Gasteiger partial charge in [-0.15, -0.1) is 0 Å². The number of benzene rings is 1. The Morgan fingerprint density at radius 3 is 2.65 bits per heavy atom. The summed E-state index contributed by atoms with van der Waals surface area (Å²) in [5.74, 6) is -0.217. The SMILES string of the molecule is C[C@@H]1CN([C@@H](C)CO)C(=O)c2cc(NC(=O)C3CC3)ccc2O[C@H]1CN(C)S(C)(=O)=O. The third-order valence-electron chi connectivity index (χ3n) is 5.88. The fourth-order valence-electron chi connectivity index (χ4n) is 3.50. The van der Waals surface area contributed by atoms with Crippen molar-refractivity contribution in [2.75, 3.05) is 38.3 Å². The Labute approximate surface area is 183 Å². The van der Waals surface area contributed by atoms with E-state index in [4.69, 9.17) is 4.74 Å². The number of amides is 2. The van der Waals surface area contributed by atoms with Gasteiger partial charge in [0.25, 0.3) is 5.91 Å². The number of hydrogen-bond donors (Lipinski definition) is 2. The molecule has 10 heteroatoms. The minimum Gasteiger partial charge on any atom is -0.488 e. The number of aliphatic hydroxyl groups is 1. The van der Waals surface area contributed by atoms with Crippen molar-refractivity contribution in [1.29, 1.82) is 0 Å².